The van der Waals surface area contributed by atoms with Crippen molar-refractivity contribution in [3.8, 4) is 11.5 Å². The summed E-state index contributed by atoms with van der Waals surface area (Å²) in [6.07, 6.45) is -0.876. The number of aryl methyl sites for hydroxylation is 1. The fourth-order valence-electron chi connectivity index (χ4n) is 4.26. The van der Waals surface area contributed by atoms with Crippen LogP contribution in [0.25, 0.3) is 22.1 Å². The Morgan fingerprint density at radius 3 is 2.55 bits per heavy atom. The molecular weight excluding hydrogens is 558 g/mol. The van der Waals surface area contributed by atoms with Gasteiger partial charge in [0.05, 0.1) is 29.2 Å². The van der Waals surface area contributed by atoms with E-state index < -0.39 is 18.3 Å². The highest BCUT2D eigenvalue weighted by molar-refractivity contribution is 5.87. The molecule has 0 saturated carbocycles. The molecule has 2 N–H and O–H groups in total. The monoisotopic (exact) mass is 583 g/mol. The van der Waals surface area contributed by atoms with Gasteiger partial charge in [-0.3, -0.25) is 4.79 Å². The van der Waals surface area contributed by atoms with Gasteiger partial charge in [0.1, 0.15) is 28.9 Å². The number of piperazine rings is 1. The molecule has 4 heterocycles. The summed E-state index contributed by atoms with van der Waals surface area (Å²) >= 11 is 0. The summed E-state index contributed by atoms with van der Waals surface area (Å²) in [7, 11) is 1.93. The van der Waals surface area contributed by atoms with Crippen LogP contribution in [0, 0.1) is 12.7 Å². The SMILES string of the molecule is Cc1c(Oc2ccc3c(c2)ncn3C)ccc(Nc2ncnc3cnc(N4CCNCC4)nc23)c1F.O=CC(F)(F)F. The first kappa shape index (κ1) is 28.6. The molecule has 42 heavy (non-hydrogen) atoms. The first-order valence-corrected chi connectivity index (χ1v) is 12.7. The number of halogens is 4. The molecule has 1 saturated heterocycles. The van der Waals surface area contributed by atoms with E-state index in [1.807, 2.05) is 29.8 Å². The number of hydrogen-bond acceptors (Lipinski definition) is 10. The summed E-state index contributed by atoms with van der Waals surface area (Å²) in [5.41, 5.74) is 3.54. The van der Waals surface area contributed by atoms with Crippen molar-refractivity contribution >= 4 is 45.8 Å². The number of fused-ring (bicyclic) bond motifs is 2. The molecule has 11 nitrogen and oxygen atoms in total. The average Bonchev–Trinajstić information content (AvgIpc) is 3.37. The number of aldehydes is 1. The van der Waals surface area contributed by atoms with E-state index in [1.54, 1.807) is 31.6 Å². The highest BCUT2D eigenvalue weighted by Gasteiger charge is 2.25. The van der Waals surface area contributed by atoms with Gasteiger partial charge in [0.15, 0.2) is 11.6 Å². The third-order valence-electron chi connectivity index (χ3n) is 6.41. The quantitative estimate of drug-likeness (QED) is 0.227. The maximum Gasteiger partial charge on any atom is 0.446 e. The molecule has 0 aliphatic carbocycles. The zero-order valence-electron chi connectivity index (χ0n) is 22.5. The van der Waals surface area contributed by atoms with E-state index in [4.69, 9.17) is 14.5 Å². The molecular formula is C27H25F4N9O2. The number of ether oxygens (including phenoxy) is 1. The van der Waals surface area contributed by atoms with E-state index in [-0.39, 0.29) is 5.69 Å². The van der Waals surface area contributed by atoms with E-state index in [1.165, 1.54) is 6.33 Å². The lowest BCUT2D eigenvalue weighted by molar-refractivity contribution is -0.156. The van der Waals surface area contributed by atoms with Gasteiger partial charge in [-0.15, -0.1) is 0 Å². The van der Waals surface area contributed by atoms with Gasteiger partial charge in [-0.05, 0) is 31.2 Å². The number of alkyl halides is 3. The summed E-state index contributed by atoms with van der Waals surface area (Å²) in [5, 5.41) is 6.40. The van der Waals surface area contributed by atoms with Gasteiger partial charge in [0.25, 0.3) is 0 Å². The smallest absolute Gasteiger partial charge is 0.446 e. The van der Waals surface area contributed by atoms with Crippen LogP contribution in [0.5, 0.6) is 11.5 Å². The molecule has 1 fully saturated rings. The van der Waals surface area contributed by atoms with Crippen LogP contribution in [0.15, 0.2) is 49.2 Å². The molecule has 0 amide bonds. The van der Waals surface area contributed by atoms with Crippen LogP contribution in [0.3, 0.4) is 0 Å². The fraction of sp³-hybridized carbons (Fsp3) is 0.259. The van der Waals surface area contributed by atoms with Crippen molar-refractivity contribution in [3.63, 3.8) is 0 Å². The summed E-state index contributed by atoms with van der Waals surface area (Å²) in [6, 6.07) is 8.96. The van der Waals surface area contributed by atoms with E-state index in [0.717, 1.165) is 37.2 Å². The molecule has 0 atom stereocenters. The standard InChI is InChI=1S/C25H24FN9O.C2HF3O/c1-15-21(36-16-3-5-20-18(11-16)31-14-34(20)2)6-4-17(22(15)26)32-24-23-19(29-13-30-24)12-28-25(33-23)35-9-7-27-8-10-35;3-2(4,5)1-6/h3-6,11-14,27H,7-10H2,1-2H3,(H,29,30,32);1H. The summed E-state index contributed by atoms with van der Waals surface area (Å²) in [6.45, 7) is 5.03. The lowest BCUT2D eigenvalue weighted by Crippen LogP contribution is -2.44. The number of carbonyl (C=O) groups is 1. The molecule has 218 valence electrons. The minimum atomic E-state index is -4.64. The molecule has 3 aromatic heterocycles. The number of imidazole rings is 1. The summed E-state index contributed by atoms with van der Waals surface area (Å²) in [4.78, 5) is 32.9. The summed E-state index contributed by atoms with van der Waals surface area (Å²) in [5.74, 6) is 1.58. The second-order valence-corrected chi connectivity index (χ2v) is 9.31. The maximum atomic E-state index is 15.4. The first-order valence-electron chi connectivity index (χ1n) is 12.7. The highest BCUT2D eigenvalue weighted by atomic mass is 19.4. The Labute approximate surface area is 236 Å². The van der Waals surface area contributed by atoms with Gasteiger partial charge < -0.3 is 24.8 Å². The Kier molecular flexibility index (Phi) is 8.10. The van der Waals surface area contributed by atoms with E-state index in [2.05, 4.69) is 35.5 Å². The predicted molar refractivity (Wildman–Crippen MR) is 148 cm³/mol. The van der Waals surface area contributed by atoms with Crippen LogP contribution in [0.4, 0.5) is 35.0 Å². The third kappa shape index (κ3) is 6.35. The van der Waals surface area contributed by atoms with E-state index >= 15 is 4.39 Å². The number of nitrogens with one attached hydrogen (secondary N) is 2. The number of aromatic nitrogens is 6. The van der Waals surface area contributed by atoms with Crippen molar-refractivity contribution in [1.29, 1.82) is 0 Å². The van der Waals surface area contributed by atoms with Gasteiger partial charge in [-0.1, -0.05) is 0 Å². The molecule has 0 radical (unpaired) electrons. The number of anilines is 3. The Morgan fingerprint density at radius 2 is 1.81 bits per heavy atom. The molecule has 2 aromatic carbocycles. The number of hydrogen-bond donors (Lipinski definition) is 2. The van der Waals surface area contributed by atoms with Crippen LogP contribution in [0.1, 0.15) is 5.56 Å². The minimum Gasteiger partial charge on any atom is -0.457 e. The largest absolute Gasteiger partial charge is 0.457 e. The lowest BCUT2D eigenvalue weighted by atomic mass is 10.1. The van der Waals surface area contributed by atoms with Crippen LogP contribution in [0.2, 0.25) is 0 Å². The number of benzene rings is 2. The molecule has 0 bridgehead atoms. The average molecular weight is 584 g/mol. The number of carbonyl (C=O) groups excluding carboxylic acids is 1. The molecule has 15 heteroatoms. The van der Waals surface area contributed by atoms with E-state index in [9.17, 15) is 13.2 Å². The minimum absolute atomic E-state index is 0.266. The van der Waals surface area contributed by atoms with Gasteiger partial charge in [0.2, 0.25) is 12.2 Å². The summed E-state index contributed by atoms with van der Waals surface area (Å²) < 4.78 is 54.6. The van der Waals surface area contributed by atoms with Crippen molar-refractivity contribution in [2.75, 3.05) is 36.4 Å². The van der Waals surface area contributed by atoms with E-state index in [0.29, 0.717) is 39.9 Å². The zero-order chi connectivity index (χ0) is 29.9. The lowest BCUT2D eigenvalue weighted by Gasteiger charge is -2.27. The van der Waals surface area contributed by atoms with Gasteiger partial charge in [0, 0.05) is 44.9 Å². The predicted octanol–water partition coefficient (Wildman–Crippen LogP) is 4.45. The van der Waals surface area contributed by atoms with Crippen LogP contribution in [-0.4, -0.2) is 68.1 Å². The van der Waals surface area contributed by atoms with Crippen molar-refractivity contribution in [2.24, 2.45) is 7.05 Å². The Morgan fingerprint density at radius 1 is 1.05 bits per heavy atom. The van der Waals surface area contributed by atoms with Gasteiger partial charge >= 0.3 is 6.18 Å². The Hall–Kier alpha value is -4.92. The highest BCUT2D eigenvalue weighted by Crippen LogP contribution is 2.33. The normalized spacial score (nSPS) is 13.5. The maximum absolute atomic E-state index is 15.4. The van der Waals surface area contributed by atoms with Crippen molar-refractivity contribution in [2.45, 2.75) is 13.1 Å². The Bertz CT molecular complexity index is 1740. The van der Waals surface area contributed by atoms with Gasteiger partial charge in [-0.2, -0.15) is 13.2 Å². The zero-order valence-corrected chi connectivity index (χ0v) is 22.5. The second kappa shape index (κ2) is 11.9. The van der Waals surface area contributed by atoms with Crippen LogP contribution < -0.4 is 20.3 Å². The molecule has 5 aromatic rings. The molecule has 6 rings (SSSR count). The topological polar surface area (TPSA) is 123 Å². The van der Waals surface area contributed by atoms with Crippen molar-refractivity contribution in [1.82, 2.24) is 34.8 Å². The first-order chi connectivity index (χ1) is 20.1. The second-order valence-electron chi connectivity index (χ2n) is 9.31. The molecule has 0 spiro atoms. The van der Waals surface area contributed by atoms with Gasteiger partial charge in [-0.25, -0.2) is 29.3 Å². The van der Waals surface area contributed by atoms with Crippen molar-refractivity contribution in [3.05, 3.63) is 60.6 Å². The molecule has 1 aliphatic heterocycles. The Balaban J connectivity index is 0.000000535. The van der Waals surface area contributed by atoms with Crippen LogP contribution in [-0.2, 0) is 11.8 Å². The molecule has 1 aliphatic rings. The fourth-order valence-corrected chi connectivity index (χ4v) is 4.26. The van der Waals surface area contributed by atoms with Crippen LogP contribution >= 0.6 is 0 Å². The number of rotatable bonds is 5. The number of nitrogens with zero attached hydrogens (tertiary/aromatic N) is 7. The van der Waals surface area contributed by atoms with Crippen molar-refractivity contribution < 1.29 is 27.1 Å². The third-order valence-corrected chi connectivity index (χ3v) is 6.41. The molecule has 0 unspecified atom stereocenters.